The van der Waals surface area contributed by atoms with Gasteiger partial charge in [-0.15, -0.1) is 0 Å². The zero-order valence-electron chi connectivity index (χ0n) is 12.5. The highest BCUT2D eigenvalue weighted by molar-refractivity contribution is 5.23. The van der Waals surface area contributed by atoms with Gasteiger partial charge in [0, 0.05) is 26.8 Å². The Labute approximate surface area is 125 Å². The molecule has 118 valence electrons. The molecule has 1 saturated carbocycles. The lowest BCUT2D eigenvalue weighted by atomic mass is 10.0. The second kappa shape index (κ2) is 7.73. The van der Waals surface area contributed by atoms with Crippen molar-refractivity contribution in [1.82, 2.24) is 5.32 Å². The molecule has 0 radical (unpaired) electrons. The minimum Gasteiger partial charge on any atom is -0.488 e. The number of aliphatic hydroxyl groups is 1. The summed E-state index contributed by atoms with van der Waals surface area (Å²) >= 11 is 0. The molecule has 0 amide bonds. The summed E-state index contributed by atoms with van der Waals surface area (Å²) in [4.78, 5) is 0. The molecule has 0 heterocycles. The molecule has 4 nitrogen and oxygen atoms in total. The third-order valence-electron chi connectivity index (χ3n) is 3.94. The number of nitrogens with one attached hydrogen (secondary N) is 1. The molecule has 1 aliphatic rings. The molecule has 21 heavy (non-hydrogen) atoms. The van der Waals surface area contributed by atoms with Gasteiger partial charge in [-0.05, 0) is 36.8 Å². The molecule has 1 fully saturated rings. The van der Waals surface area contributed by atoms with Gasteiger partial charge in [0.1, 0.15) is 12.7 Å². The molecule has 0 bridgehead atoms. The lowest BCUT2D eigenvalue weighted by Crippen LogP contribution is -2.35. The van der Waals surface area contributed by atoms with Gasteiger partial charge in [-0.2, -0.15) is 0 Å². The predicted octanol–water partition coefficient (Wildman–Crippen LogP) is 1.97. The predicted molar refractivity (Wildman–Crippen MR) is 78.9 cm³/mol. The number of para-hydroxylation sites is 1. The summed E-state index contributed by atoms with van der Waals surface area (Å²) < 4.78 is 23.7. The van der Waals surface area contributed by atoms with Crippen LogP contribution in [-0.4, -0.2) is 44.6 Å². The first-order chi connectivity index (χ1) is 10.2. The third-order valence-corrected chi connectivity index (χ3v) is 3.94. The van der Waals surface area contributed by atoms with Gasteiger partial charge in [0.25, 0.3) is 0 Å². The summed E-state index contributed by atoms with van der Waals surface area (Å²) in [5, 5.41) is 13.1. The minimum atomic E-state index is -0.650. The SMILES string of the molecule is COCCC1(CNCC(O)COc2ccccc2F)CC1. The first kappa shape index (κ1) is 16.2. The van der Waals surface area contributed by atoms with Gasteiger partial charge in [-0.3, -0.25) is 0 Å². The highest BCUT2D eigenvalue weighted by Crippen LogP contribution is 2.48. The smallest absolute Gasteiger partial charge is 0.165 e. The van der Waals surface area contributed by atoms with Crippen molar-refractivity contribution in [2.24, 2.45) is 5.41 Å². The van der Waals surface area contributed by atoms with Gasteiger partial charge in [0.2, 0.25) is 0 Å². The van der Waals surface area contributed by atoms with E-state index in [2.05, 4.69) is 5.32 Å². The summed E-state index contributed by atoms with van der Waals surface area (Å²) in [6.45, 7) is 2.19. The number of aliphatic hydroxyl groups excluding tert-OH is 1. The van der Waals surface area contributed by atoms with Crippen LogP contribution in [0.5, 0.6) is 5.75 Å². The van der Waals surface area contributed by atoms with Gasteiger partial charge in [-0.25, -0.2) is 4.39 Å². The molecular formula is C16H24FNO3. The largest absolute Gasteiger partial charge is 0.488 e. The molecule has 0 aromatic heterocycles. The standard InChI is InChI=1S/C16H24FNO3/c1-20-9-8-16(6-7-16)12-18-10-13(19)11-21-15-5-3-2-4-14(15)17/h2-5,13,18-19H,6-12H2,1H3. The zero-order valence-corrected chi connectivity index (χ0v) is 12.5. The van der Waals surface area contributed by atoms with E-state index in [1.807, 2.05) is 0 Å². The number of hydrogen-bond donors (Lipinski definition) is 2. The molecule has 1 aromatic rings. The number of benzene rings is 1. The van der Waals surface area contributed by atoms with E-state index < -0.39 is 11.9 Å². The van der Waals surface area contributed by atoms with Gasteiger partial charge in [-0.1, -0.05) is 12.1 Å². The highest BCUT2D eigenvalue weighted by atomic mass is 19.1. The fourth-order valence-corrected chi connectivity index (χ4v) is 2.32. The zero-order chi connectivity index (χ0) is 15.1. The van der Waals surface area contributed by atoms with E-state index in [1.54, 1.807) is 25.3 Å². The van der Waals surface area contributed by atoms with E-state index >= 15 is 0 Å². The highest BCUT2D eigenvalue weighted by Gasteiger charge is 2.41. The Bertz CT molecular complexity index is 437. The summed E-state index contributed by atoms with van der Waals surface area (Å²) in [5.74, 6) is -0.232. The van der Waals surface area contributed by atoms with Gasteiger partial charge >= 0.3 is 0 Å². The number of ether oxygens (including phenoxy) is 2. The van der Waals surface area contributed by atoms with E-state index in [9.17, 15) is 9.50 Å². The number of methoxy groups -OCH3 is 1. The monoisotopic (exact) mass is 297 g/mol. The second-order valence-electron chi connectivity index (χ2n) is 5.77. The van der Waals surface area contributed by atoms with Gasteiger partial charge in [0.05, 0.1) is 0 Å². The van der Waals surface area contributed by atoms with Crippen molar-refractivity contribution in [2.75, 3.05) is 33.4 Å². The average Bonchev–Trinajstić information content (AvgIpc) is 3.25. The molecule has 0 aliphatic heterocycles. The van der Waals surface area contributed by atoms with Crippen LogP contribution >= 0.6 is 0 Å². The van der Waals surface area contributed by atoms with Crippen LogP contribution < -0.4 is 10.1 Å². The van der Waals surface area contributed by atoms with Crippen molar-refractivity contribution in [1.29, 1.82) is 0 Å². The quantitative estimate of drug-likeness (QED) is 0.693. The van der Waals surface area contributed by atoms with Gasteiger partial charge in [0.15, 0.2) is 11.6 Å². The van der Waals surface area contributed by atoms with Crippen LogP contribution in [0.2, 0.25) is 0 Å². The number of hydrogen-bond acceptors (Lipinski definition) is 4. The van der Waals surface area contributed by atoms with Crippen molar-refractivity contribution < 1.29 is 19.0 Å². The lowest BCUT2D eigenvalue weighted by molar-refractivity contribution is 0.101. The Hall–Kier alpha value is -1.17. The maximum atomic E-state index is 13.3. The van der Waals surface area contributed by atoms with E-state index in [0.717, 1.165) is 19.6 Å². The minimum absolute atomic E-state index is 0.0823. The van der Waals surface area contributed by atoms with Crippen LogP contribution in [0.3, 0.4) is 0 Å². The molecule has 1 atom stereocenters. The second-order valence-corrected chi connectivity index (χ2v) is 5.77. The van der Waals surface area contributed by atoms with Crippen LogP contribution in [0.25, 0.3) is 0 Å². The normalized spacial score (nSPS) is 17.5. The maximum Gasteiger partial charge on any atom is 0.165 e. The lowest BCUT2D eigenvalue weighted by Gasteiger charge is -2.18. The molecule has 2 N–H and O–H groups in total. The average molecular weight is 297 g/mol. The molecule has 1 aromatic carbocycles. The molecule has 5 heteroatoms. The molecule has 1 unspecified atom stereocenters. The van der Waals surface area contributed by atoms with Crippen LogP contribution in [0.4, 0.5) is 4.39 Å². The Kier molecular flexibility index (Phi) is 5.96. The van der Waals surface area contributed by atoms with E-state index in [1.165, 1.54) is 18.9 Å². The molecule has 2 rings (SSSR count). The molecule has 1 aliphatic carbocycles. The van der Waals surface area contributed by atoms with Crippen molar-refractivity contribution in [3.8, 4) is 5.75 Å². The first-order valence-electron chi connectivity index (χ1n) is 7.40. The summed E-state index contributed by atoms with van der Waals surface area (Å²) in [7, 11) is 1.72. The van der Waals surface area contributed by atoms with E-state index in [-0.39, 0.29) is 12.4 Å². The first-order valence-corrected chi connectivity index (χ1v) is 7.40. The Morgan fingerprint density at radius 1 is 1.38 bits per heavy atom. The third kappa shape index (κ3) is 5.26. The van der Waals surface area contributed by atoms with Crippen LogP contribution in [-0.2, 0) is 4.74 Å². The summed E-state index contributed by atoms with van der Waals surface area (Å²) in [5.41, 5.74) is 0.349. The molecular weight excluding hydrogens is 273 g/mol. The van der Waals surface area contributed by atoms with Crippen LogP contribution in [0.15, 0.2) is 24.3 Å². The summed E-state index contributed by atoms with van der Waals surface area (Å²) in [6.07, 6.45) is 2.83. The molecule has 0 saturated heterocycles. The van der Waals surface area contributed by atoms with Crippen LogP contribution in [0, 0.1) is 11.2 Å². The maximum absolute atomic E-state index is 13.3. The number of halogens is 1. The Balaban J connectivity index is 1.62. The Morgan fingerprint density at radius 2 is 2.14 bits per heavy atom. The topological polar surface area (TPSA) is 50.7 Å². The summed E-state index contributed by atoms with van der Waals surface area (Å²) in [6, 6.07) is 6.21. The van der Waals surface area contributed by atoms with Crippen molar-refractivity contribution in [3.05, 3.63) is 30.1 Å². The van der Waals surface area contributed by atoms with Crippen molar-refractivity contribution in [3.63, 3.8) is 0 Å². The number of rotatable bonds is 10. The molecule has 0 spiro atoms. The fraction of sp³-hybridized carbons (Fsp3) is 0.625. The Morgan fingerprint density at radius 3 is 2.81 bits per heavy atom. The van der Waals surface area contributed by atoms with Crippen molar-refractivity contribution in [2.45, 2.75) is 25.4 Å². The van der Waals surface area contributed by atoms with E-state index in [4.69, 9.17) is 9.47 Å². The fourth-order valence-electron chi connectivity index (χ4n) is 2.32. The van der Waals surface area contributed by atoms with Crippen LogP contribution in [0.1, 0.15) is 19.3 Å². The van der Waals surface area contributed by atoms with E-state index in [0.29, 0.717) is 12.0 Å². The van der Waals surface area contributed by atoms with Crippen molar-refractivity contribution >= 4 is 0 Å². The van der Waals surface area contributed by atoms with Gasteiger partial charge < -0.3 is 19.9 Å².